The summed E-state index contributed by atoms with van der Waals surface area (Å²) in [4.78, 5) is 28.6. The van der Waals surface area contributed by atoms with Crippen LogP contribution >= 0.6 is 0 Å². The summed E-state index contributed by atoms with van der Waals surface area (Å²) in [5.41, 5.74) is 0.629. The number of hydrogen-bond acceptors (Lipinski definition) is 6. The summed E-state index contributed by atoms with van der Waals surface area (Å²) in [6, 6.07) is 13.4. The Kier molecular flexibility index (Phi) is 7.93. The van der Waals surface area contributed by atoms with Crippen molar-refractivity contribution in [2.24, 2.45) is 0 Å². The van der Waals surface area contributed by atoms with Gasteiger partial charge in [0.2, 0.25) is 21.8 Å². The minimum absolute atomic E-state index is 0.0478. The second-order valence-corrected chi connectivity index (χ2v) is 9.53. The Morgan fingerprint density at radius 2 is 1.55 bits per heavy atom. The third-order valence-corrected chi connectivity index (χ3v) is 7.57. The molecule has 1 saturated heterocycles. The number of carbonyl (C=O) groups excluding carboxylic acids is 2. The molecule has 0 bridgehead atoms. The molecule has 0 spiro atoms. The highest BCUT2D eigenvalue weighted by atomic mass is 32.2. The lowest BCUT2D eigenvalue weighted by molar-refractivity contribution is -0.134. The van der Waals surface area contributed by atoms with Gasteiger partial charge in [-0.15, -0.1) is 0 Å². The molecule has 0 N–H and O–H groups in total. The molecule has 0 aromatic heterocycles. The Hall–Kier alpha value is -3.11. The van der Waals surface area contributed by atoms with Crippen LogP contribution in [0.3, 0.4) is 0 Å². The van der Waals surface area contributed by atoms with E-state index in [4.69, 9.17) is 9.47 Å². The predicted molar refractivity (Wildman–Crippen MR) is 124 cm³/mol. The molecule has 9 nitrogen and oxygen atoms in total. The molecule has 10 heteroatoms. The van der Waals surface area contributed by atoms with Gasteiger partial charge in [0.05, 0.1) is 19.1 Å². The minimum Gasteiger partial charge on any atom is -0.493 e. The van der Waals surface area contributed by atoms with Crippen LogP contribution in [0.4, 0.5) is 5.69 Å². The van der Waals surface area contributed by atoms with Crippen molar-refractivity contribution in [3.63, 3.8) is 0 Å². The lowest BCUT2D eigenvalue weighted by Gasteiger charge is -2.34. The number of hydrogen-bond donors (Lipinski definition) is 0. The van der Waals surface area contributed by atoms with Crippen molar-refractivity contribution in [2.45, 2.75) is 17.7 Å². The monoisotopic (exact) mass is 475 g/mol. The SMILES string of the molecule is COc1ccc(N(C)C(=O)CCC(=O)N2CCN(S(=O)(=O)c3ccccc3)CC2)cc1OC. The maximum atomic E-state index is 12.7. The fourth-order valence-corrected chi connectivity index (χ4v) is 5.08. The van der Waals surface area contributed by atoms with Gasteiger partial charge < -0.3 is 19.3 Å². The van der Waals surface area contributed by atoms with E-state index in [0.29, 0.717) is 30.3 Å². The zero-order valence-corrected chi connectivity index (χ0v) is 19.9. The molecule has 0 atom stereocenters. The lowest BCUT2D eigenvalue weighted by atomic mass is 10.2. The number of rotatable bonds is 8. The van der Waals surface area contributed by atoms with Crippen molar-refractivity contribution < 1.29 is 27.5 Å². The maximum absolute atomic E-state index is 12.7. The van der Waals surface area contributed by atoms with Gasteiger partial charge in [0.1, 0.15) is 0 Å². The highest BCUT2D eigenvalue weighted by Gasteiger charge is 2.30. The summed E-state index contributed by atoms with van der Waals surface area (Å²) < 4.78 is 37.3. The summed E-state index contributed by atoms with van der Waals surface area (Å²) in [6.45, 7) is 1.04. The van der Waals surface area contributed by atoms with Gasteiger partial charge >= 0.3 is 0 Å². The fourth-order valence-electron chi connectivity index (χ4n) is 3.64. The van der Waals surface area contributed by atoms with Crippen LogP contribution in [0.25, 0.3) is 0 Å². The molecule has 1 heterocycles. The van der Waals surface area contributed by atoms with E-state index in [2.05, 4.69) is 0 Å². The van der Waals surface area contributed by atoms with Crippen molar-refractivity contribution in [1.82, 2.24) is 9.21 Å². The van der Waals surface area contributed by atoms with E-state index < -0.39 is 10.0 Å². The van der Waals surface area contributed by atoms with Crippen LogP contribution in [0.5, 0.6) is 11.5 Å². The number of ether oxygens (including phenoxy) is 2. The number of benzene rings is 2. The first-order chi connectivity index (χ1) is 15.8. The topological polar surface area (TPSA) is 96.5 Å². The molecule has 2 aromatic carbocycles. The zero-order chi connectivity index (χ0) is 24.0. The van der Waals surface area contributed by atoms with Crippen LogP contribution in [0.2, 0.25) is 0 Å². The number of piperazine rings is 1. The van der Waals surface area contributed by atoms with Crippen molar-refractivity contribution >= 4 is 27.5 Å². The molecule has 3 rings (SSSR count). The highest BCUT2D eigenvalue weighted by Crippen LogP contribution is 2.31. The molecule has 1 aliphatic rings. The van der Waals surface area contributed by atoms with Gasteiger partial charge in [-0.2, -0.15) is 4.31 Å². The number of sulfonamides is 1. The number of amides is 2. The van der Waals surface area contributed by atoms with E-state index in [1.807, 2.05) is 0 Å². The largest absolute Gasteiger partial charge is 0.493 e. The van der Waals surface area contributed by atoms with E-state index in [9.17, 15) is 18.0 Å². The predicted octanol–water partition coefficient (Wildman–Crippen LogP) is 1.98. The molecule has 1 fully saturated rings. The Balaban J connectivity index is 1.52. The van der Waals surface area contributed by atoms with Crippen LogP contribution in [-0.2, 0) is 19.6 Å². The normalized spacial score (nSPS) is 14.6. The fraction of sp³-hybridized carbons (Fsp3) is 0.391. The van der Waals surface area contributed by atoms with E-state index >= 15 is 0 Å². The molecule has 0 saturated carbocycles. The lowest BCUT2D eigenvalue weighted by Crippen LogP contribution is -2.50. The van der Waals surface area contributed by atoms with Crippen LogP contribution in [-0.4, -0.2) is 76.9 Å². The summed E-state index contributed by atoms with van der Waals surface area (Å²) in [5.74, 6) is 0.696. The Labute approximate surface area is 194 Å². The van der Waals surface area contributed by atoms with Crippen molar-refractivity contribution in [3.8, 4) is 11.5 Å². The third-order valence-electron chi connectivity index (χ3n) is 5.65. The number of methoxy groups -OCH3 is 2. The zero-order valence-electron chi connectivity index (χ0n) is 19.1. The first kappa shape index (κ1) is 24.5. The van der Waals surface area contributed by atoms with Crippen LogP contribution < -0.4 is 14.4 Å². The quantitative estimate of drug-likeness (QED) is 0.579. The van der Waals surface area contributed by atoms with E-state index in [1.54, 1.807) is 60.5 Å². The number of carbonyl (C=O) groups is 2. The van der Waals surface area contributed by atoms with E-state index in [-0.39, 0.29) is 42.6 Å². The maximum Gasteiger partial charge on any atom is 0.243 e. The Bertz CT molecular complexity index is 1080. The van der Waals surface area contributed by atoms with Crippen molar-refractivity contribution in [2.75, 3.05) is 52.3 Å². The molecule has 2 aromatic rings. The minimum atomic E-state index is -3.57. The Morgan fingerprint density at radius 3 is 2.15 bits per heavy atom. The van der Waals surface area contributed by atoms with Crippen molar-refractivity contribution in [3.05, 3.63) is 48.5 Å². The molecule has 0 aliphatic carbocycles. The van der Waals surface area contributed by atoms with E-state index in [1.165, 1.54) is 23.4 Å². The standard InChI is InChI=1S/C23H29N3O6S/c1-24(18-9-10-20(31-2)21(17-18)32-3)22(27)11-12-23(28)25-13-15-26(16-14-25)33(29,30)19-7-5-4-6-8-19/h4-10,17H,11-16H2,1-3H3. The van der Waals surface area contributed by atoms with Gasteiger partial charge in [0.25, 0.3) is 0 Å². The average Bonchev–Trinajstić information content (AvgIpc) is 2.86. The van der Waals surface area contributed by atoms with Gasteiger partial charge in [-0.3, -0.25) is 9.59 Å². The van der Waals surface area contributed by atoms with Gasteiger partial charge in [0, 0.05) is 57.8 Å². The molecule has 1 aliphatic heterocycles. The summed E-state index contributed by atoms with van der Waals surface area (Å²) in [5, 5.41) is 0. The highest BCUT2D eigenvalue weighted by molar-refractivity contribution is 7.89. The first-order valence-electron chi connectivity index (χ1n) is 10.6. The first-order valence-corrected chi connectivity index (χ1v) is 12.0. The van der Waals surface area contributed by atoms with Gasteiger partial charge in [0.15, 0.2) is 11.5 Å². The molecule has 0 unspecified atom stereocenters. The molecule has 178 valence electrons. The average molecular weight is 476 g/mol. The van der Waals surface area contributed by atoms with Crippen molar-refractivity contribution in [1.29, 1.82) is 0 Å². The van der Waals surface area contributed by atoms with Gasteiger partial charge in [-0.05, 0) is 24.3 Å². The van der Waals surface area contributed by atoms with Gasteiger partial charge in [-0.25, -0.2) is 8.42 Å². The smallest absolute Gasteiger partial charge is 0.243 e. The number of anilines is 1. The van der Waals surface area contributed by atoms with Crippen LogP contribution in [0, 0.1) is 0 Å². The van der Waals surface area contributed by atoms with E-state index in [0.717, 1.165) is 0 Å². The summed E-state index contributed by atoms with van der Waals surface area (Å²) in [7, 11) is 1.12. The van der Waals surface area contributed by atoms with Gasteiger partial charge in [-0.1, -0.05) is 18.2 Å². The molecule has 0 radical (unpaired) electrons. The second-order valence-electron chi connectivity index (χ2n) is 7.59. The number of nitrogens with zero attached hydrogens (tertiary/aromatic N) is 3. The Morgan fingerprint density at radius 1 is 0.909 bits per heavy atom. The molecular formula is C23H29N3O6S. The molecule has 2 amide bonds. The molecule has 33 heavy (non-hydrogen) atoms. The van der Waals surface area contributed by atoms with Crippen LogP contribution in [0.1, 0.15) is 12.8 Å². The summed E-state index contributed by atoms with van der Waals surface area (Å²) in [6.07, 6.45) is 0.105. The third kappa shape index (κ3) is 5.63. The summed E-state index contributed by atoms with van der Waals surface area (Å²) >= 11 is 0. The molecular weight excluding hydrogens is 446 g/mol. The second kappa shape index (κ2) is 10.7. The van der Waals surface area contributed by atoms with Crippen LogP contribution in [0.15, 0.2) is 53.4 Å².